The normalized spacial score (nSPS) is 21.8. The summed E-state index contributed by atoms with van der Waals surface area (Å²) < 4.78 is 2.62. The zero-order valence-corrected chi connectivity index (χ0v) is 9.77. The summed E-state index contributed by atoms with van der Waals surface area (Å²) in [4.78, 5) is 34.1. The van der Waals surface area contributed by atoms with Gasteiger partial charge in [0.25, 0.3) is 0 Å². The van der Waals surface area contributed by atoms with Gasteiger partial charge in [-0.05, 0) is 12.8 Å². The van der Waals surface area contributed by atoms with Crippen LogP contribution in [0.4, 0.5) is 0 Å². The highest BCUT2D eigenvalue weighted by Crippen LogP contribution is 2.21. The van der Waals surface area contributed by atoms with Crippen molar-refractivity contribution in [1.82, 2.24) is 4.90 Å². The van der Waals surface area contributed by atoms with Crippen molar-refractivity contribution >= 4 is 23.8 Å². The molecule has 0 spiro atoms. The number of likely N-dealkylation sites (tertiary alicyclic amines) is 1. The molecule has 1 aliphatic rings. The standard InChI is InChI=1S/C9H14N2O4S/c1-6(5-16-10-15)8(12)11-4-2-3-7(11)9(13)14/h6-7H,2-5H2,1H3,(H,13,14)/t6?,7-/m0/s1. The van der Waals surface area contributed by atoms with E-state index in [-0.39, 0.29) is 11.8 Å². The first-order chi connectivity index (χ1) is 7.57. The van der Waals surface area contributed by atoms with Gasteiger partial charge >= 0.3 is 5.97 Å². The zero-order chi connectivity index (χ0) is 12.1. The van der Waals surface area contributed by atoms with Gasteiger partial charge in [-0.2, -0.15) is 0 Å². The van der Waals surface area contributed by atoms with Crippen LogP contribution < -0.4 is 0 Å². The zero-order valence-electron chi connectivity index (χ0n) is 8.96. The van der Waals surface area contributed by atoms with E-state index in [0.29, 0.717) is 25.1 Å². The number of rotatable bonds is 5. The third-order valence-corrected chi connectivity index (χ3v) is 3.37. The second-order valence-corrected chi connectivity index (χ2v) is 4.54. The van der Waals surface area contributed by atoms with Crippen LogP contribution in [0.25, 0.3) is 0 Å². The average Bonchev–Trinajstić information content (AvgIpc) is 2.73. The lowest BCUT2D eigenvalue weighted by molar-refractivity contribution is -0.149. The van der Waals surface area contributed by atoms with Gasteiger partial charge < -0.3 is 10.0 Å². The topological polar surface area (TPSA) is 87.0 Å². The first-order valence-corrected chi connectivity index (χ1v) is 6.00. The smallest absolute Gasteiger partial charge is 0.326 e. The number of amides is 1. The highest BCUT2D eigenvalue weighted by molar-refractivity contribution is 7.97. The van der Waals surface area contributed by atoms with Crippen LogP contribution in [0.15, 0.2) is 4.58 Å². The predicted octanol–water partition coefficient (Wildman–Crippen LogP) is 1.11. The van der Waals surface area contributed by atoms with E-state index in [1.165, 1.54) is 4.90 Å². The molecule has 16 heavy (non-hydrogen) atoms. The van der Waals surface area contributed by atoms with Crippen molar-refractivity contribution in [2.75, 3.05) is 12.3 Å². The maximum atomic E-state index is 11.9. The molecule has 0 saturated carbocycles. The summed E-state index contributed by atoms with van der Waals surface area (Å²) >= 11 is 0.787. The SMILES string of the molecule is CC(CSN=O)C(=O)N1CCC[C@H]1C(=O)O. The molecular formula is C9H14N2O4S. The van der Waals surface area contributed by atoms with E-state index in [2.05, 4.69) is 4.58 Å². The van der Waals surface area contributed by atoms with Crippen LogP contribution in [-0.2, 0) is 9.59 Å². The van der Waals surface area contributed by atoms with Crippen molar-refractivity contribution in [1.29, 1.82) is 0 Å². The van der Waals surface area contributed by atoms with Crippen LogP contribution >= 0.6 is 11.9 Å². The number of carboxylic acid groups (broad SMARTS) is 1. The average molecular weight is 246 g/mol. The van der Waals surface area contributed by atoms with Crippen molar-refractivity contribution in [2.45, 2.75) is 25.8 Å². The van der Waals surface area contributed by atoms with E-state index < -0.39 is 12.0 Å². The lowest BCUT2D eigenvalue weighted by Crippen LogP contribution is -2.43. The predicted molar refractivity (Wildman–Crippen MR) is 59.8 cm³/mol. The molecular weight excluding hydrogens is 232 g/mol. The molecule has 0 aromatic carbocycles. The summed E-state index contributed by atoms with van der Waals surface area (Å²) in [5.74, 6) is -1.24. The third kappa shape index (κ3) is 2.94. The molecule has 90 valence electrons. The Hall–Kier alpha value is -1.11. The van der Waals surface area contributed by atoms with Crippen molar-refractivity contribution in [2.24, 2.45) is 10.5 Å². The molecule has 1 heterocycles. The maximum Gasteiger partial charge on any atom is 0.326 e. The minimum absolute atomic E-state index is 0.207. The molecule has 7 heteroatoms. The van der Waals surface area contributed by atoms with E-state index in [1.54, 1.807) is 6.92 Å². The largest absolute Gasteiger partial charge is 0.480 e. The van der Waals surface area contributed by atoms with Crippen LogP contribution in [0, 0.1) is 10.8 Å². The lowest BCUT2D eigenvalue weighted by Gasteiger charge is -2.24. The molecule has 1 amide bonds. The molecule has 6 nitrogen and oxygen atoms in total. The van der Waals surface area contributed by atoms with E-state index in [0.717, 1.165) is 11.9 Å². The molecule has 0 radical (unpaired) electrons. The summed E-state index contributed by atoms with van der Waals surface area (Å²) in [6, 6.07) is -0.704. The number of nitrogens with zero attached hydrogens (tertiary/aromatic N) is 2. The Morgan fingerprint density at radius 3 is 2.88 bits per heavy atom. The van der Waals surface area contributed by atoms with Gasteiger partial charge in [-0.15, -0.1) is 4.91 Å². The van der Waals surface area contributed by atoms with Gasteiger partial charge in [0.2, 0.25) is 5.91 Å². The van der Waals surface area contributed by atoms with Gasteiger partial charge in [0.1, 0.15) is 6.04 Å². The number of aliphatic carboxylic acids is 1. The summed E-state index contributed by atoms with van der Waals surface area (Å²) in [5.41, 5.74) is 0. The van der Waals surface area contributed by atoms with Gasteiger partial charge in [-0.25, -0.2) is 4.79 Å². The minimum Gasteiger partial charge on any atom is -0.480 e. The number of nitroso groups, excluding NO2 is 1. The van der Waals surface area contributed by atoms with Crippen molar-refractivity contribution in [3.63, 3.8) is 0 Å². The van der Waals surface area contributed by atoms with Crippen LogP contribution in [0.5, 0.6) is 0 Å². The van der Waals surface area contributed by atoms with Crippen LogP contribution in [-0.4, -0.2) is 40.2 Å². The van der Waals surface area contributed by atoms with Crippen molar-refractivity contribution in [3.8, 4) is 0 Å². The monoisotopic (exact) mass is 246 g/mol. The maximum absolute atomic E-state index is 11.9. The Morgan fingerprint density at radius 1 is 1.62 bits per heavy atom. The molecule has 1 saturated heterocycles. The number of hydrogen-bond donors (Lipinski definition) is 1. The number of carboxylic acids is 1. The first kappa shape index (κ1) is 13.0. The Morgan fingerprint density at radius 2 is 2.31 bits per heavy atom. The molecule has 2 atom stereocenters. The van der Waals surface area contributed by atoms with Gasteiger partial charge in [-0.1, -0.05) is 6.92 Å². The fourth-order valence-corrected chi connectivity index (χ4v) is 2.21. The first-order valence-electron chi connectivity index (χ1n) is 5.05. The summed E-state index contributed by atoms with van der Waals surface area (Å²) in [6.45, 7) is 2.16. The Kier molecular flexibility index (Phi) is 4.72. The van der Waals surface area contributed by atoms with Gasteiger partial charge in [0, 0.05) is 34.7 Å². The Bertz CT molecular complexity index is 297. The molecule has 1 unspecified atom stereocenters. The van der Waals surface area contributed by atoms with Crippen LogP contribution in [0.3, 0.4) is 0 Å². The summed E-state index contributed by atoms with van der Waals surface area (Å²) in [6.07, 6.45) is 1.22. The van der Waals surface area contributed by atoms with E-state index in [1.807, 2.05) is 0 Å². The second-order valence-electron chi connectivity index (χ2n) is 3.80. The fourth-order valence-electron chi connectivity index (χ4n) is 1.78. The highest BCUT2D eigenvalue weighted by Gasteiger charge is 2.35. The highest BCUT2D eigenvalue weighted by atomic mass is 32.2. The van der Waals surface area contributed by atoms with Gasteiger partial charge in [0.15, 0.2) is 0 Å². The molecule has 0 aromatic rings. The second kappa shape index (κ2) is 5.83. The Labute approximate surface area is 97.5 Å². The molecule has 0 bridgehead atoms. The molecule has 1 aliphatic heterocycles. The van der Waals surface area contributed by atoms with Crippen molar-refractivity contribution in [3.05, 3.63) is 4.91 Å². The molecule has 1 N–H and O–H groups in total. The summed E-state index contributed by atoms with van der Waals surface area (Å²) in [5, 5.41) is 8.92. The van der Waals surface area contributed by atoms with Crippen LogP contribution in [0.2, 0.25) is 0 Å². The van der Waals surface area contributed by atoms with Gasteiger partial charge in [-0.3, -0.25) is 4.79 Å². The number of hydrogen-bond acceptors (Lipinski definition) is 5. The van der Waals surface area contributed by atoms with Crippen molar-refractivity contribution < 1.29 is 14.7 Å². The minimum atomic E-state index is -0.959. The van der Waals surface area contributed by atoms with Gasteiger partial charge in [0.05, 0.1) is 0 Å². The molecule has 1 rings (SSSR count). The lowest BCUT2D eigenvalue weighted by atomic mass is 10.1. The Balaban J connectivity index is 2.58. The molecule has 0 aromatic heterocycles. The number of carbonyl (C=O) groups is 2. The summed E-state index contributed by atoms with van der Waals surface area (Å²) in [7, 11) is 0. The third-order valence-electron chi connectivity index (χ3n) is 2.62. The van der Waals surface area contributed by atoms with E-state index >= 15 is 0 Å². The fraction of sp³-hybridized carbons (Fsp3) is 0.778. The van der Waals surface area contributed by atoms with Crippen LogP contribution in [0.1, 0.15) is 19.8 Å². The van der Waals surface area contributed by atoms with E-state index in [4.69, 9.17) is 5.11 Å². The molecule has 0 aliphatic carbocycles. The quantitative estimate of drug-likeness (QED) is 0.580. The number of carbonyl (C=O) groups excluding carboxylic acids is 1. The van der Waals surface area contributed by atoms with E-state index in [9.17, 15) is 14.5 Å². The molecule has 1 fully saturated rings.